The van der Waals surface area contributed by atoms with E-state index < -0.39 is 15.7 Å². The molecule has 0 saturated carbocycles. The normalized spacial score (nSPS) is 12.1. The van der Waals surface area contributed by atoms with Crippen molar-refractivity contribution in [2.45, 2.75) is 18.7 Å². The van der Waals surface area contributed by atoms with Crippen molar-refractivity contribution in [1.29, 1.82) is 0 Å². The van der Waals surface area contributed by atoms with E-state index in [4.69, 9.17) is 0 Å². The zero-order chi connectivity index (χ0) is 24.7. The van der Waals surface area contributed by atoms with Gasteiger partial charge in [0, 0.05) is 16.3 Å². The van der Waals surface area contributed by atoms with Crippen LogP contribution in [0.3, 0.4) is 0 Å². The lowest BCUT2D eigenvalue weighted by Gasteiger charge is -2.06. The minimum Gasteiger partial charge on any atom is -0.291 e. The number of fused-ring (bicyclic) bond motifs is 1. The smallest absolute Gasteiger partial charge is 0.291 e. The van der Waals surface area contributed by atoms with Gasteiger partial charge in [0.15, 0.2) is 5.69 Å². The van der Waals surface area contributed by atoms with Crippen LogP contribution in [0.25, 0.3) is 27.2 Å². The van der Waals surface area contributed by atoms with Gasteiger partial charge in [-0.2, -0.15) is 13.1 Å². The molecular formula is C24H19N5O4S2. The Labute approximate surface area is 204 Å². The minimum atomic E-state index is -4.60. The van der Waals surface area contributed by atoms with E-state index in [0.29, 0.717) is 21.6 Å². The third kappa shape index (κ3) is 4.32. The van der Waals surface area contributed by atoms with Crippen molar-refractivity contribution < 1.29 is 13.0 Å². The number of nitrogens with zero attached hydrogens (tertiary/aromatic N) is 4. The summed E-state index contributed by atoms with van der Waals surface area (Å²) in [5, 5.41) is 14.2. The lowest BCUT2D eigenvalue weighted by atomic mass is 10.1. The van der Waals surface area contributed by atoms with Crippen LogP contribution in [0.2, 0.25) is 0 Å². The van der Waals surface area contributed by atoms with Gasteiger partial charge in [-0.05, 0) is 25.3 Å². The van der Waals surface area contributed by atoms with Crippen molar-refractivity contribution >= 4 is 43.6 Å². The molecule has 0 aliphatic carbocycles. The molecule has 0 fully saturated rings. The number of thiazole rings is 1. The van der Waals surface area contributed by atoms with Crippen LogP contribution in [0.4, 0.5) is 11.4 Å². The fourth-order valence-electron chi connectivity index (χ4n) is 3.70. The SMILES string of the molecule is Cc1ccc(-c2csc(-n3[nH]c(C)c(N=Nc4ccc5ccccc5c4S(=O)(=O)O)c3=O)n2)cc1. The second-order valence-electron chi connectivity index (χ2n) is 7.92. The number of hydrogen-bond acceptors (Lipinski definition) is 7. The third-order valence-corrected chi connectivity index (χ3v) is 7.22. The molecule has 11 heteroatoms. The Morgan fingerprint density at radius 1 is 1.00 bits per heavy atom. The lowest BCUT2D eigenvalue weighted by molar-refractivity contribution is 0.484. The molecule has 0 aliphatic rings. The van der Waals surface area contributed by atoms with Crippen molar-refractivity contribution in [3.05, 3.63) is 87.7 Å². The van der Waals surface area contributed by atoms with E-state index in [-0.39, 0.29) is 16.3 Å². The van der Waals surface area contributed by atoms with E-state index in [1.807, 2.05) is 36.6 Å². The van der Waals surface area contributed by atoms with Gasteiger partial charge in [-0.3, -0.25) is 14.4 Å². The predicted octanol–water partition coefficient (Wildman–Crippen LogP) is 5.72. The molecule has 5 aromatic rings. The first kappa shape index (κ1) is 22.8. The average Bonchev–Trinajstić information content (AvgIpc) is 3.41. The molecule has 5 rings (SSSR count). The van der Waals surface area contributed by atoms with Crippen LogP contribution in [0.1, 0.15) is 11.3 Å². The first-order chi connectivity index (χ1) is 16.7. The number of aromatic amines is 1. The van der Waals surface area contributed by atoms with E-state index in [0.717, 1.165) is 16.8 Å². The molecule has 0 atom stereocenters. The van der Waals surface area contributed by atoms with E-state index in [9.17, 15) is 17.8 Å². The van der Waals surface area contributed by atoms with E-state index in [1.54, 1.807) is 37.3 Å². The van der Waals surface area contributed by atoms with Gasteiger partial charge in [0.25, 0.3) is 10.1 Å². The maximum Gasteiger partial charge on any atom is 0.301 e. The van der Waals surface area contributed by atoms with E-state index in [2.05, 4.69) is 20.3 Å². The van der Waals surface area contributed by atoms with Crippen LogP contribution >= 0.6 is 11.3 Å². The zero-order valence-electron chi connectivity index (χ0n) is 18.6. The summed E-state index contributed by atoms with van der Waals surface area (Å²) in [5.41, 5.74) is 2.69. The van der Waals surface area contributed by atoms with Gasteiger partial charge in [0.05, 0.1) is 11.4 Å². The Hall–Kier alpha value is -3.93. The van der Waals surface area contributed by atoms with Gasteiger partial charge < -0.3 is 0 Å². The second-order valence-corrected chi connectivity index (χ2v) is 10.1. The average molecular weight is 506 g/mol. The molecular weight excluding hydrogens is 486 g/mol. The largest absolute Gasteiger partial charge is 0.301 e. The summed E-state index contributed by atoms with van der Waals surface area (Å²) < 4.78 is 35.3. The molecule has 9 nitrogen and oxygen atoms in total. The van der Waals surface area contributed by atoms with Crippen LogP contribution in [0, 0.1) is 13.8 Å². The molecule has 0 amide bonds. The van der Waals surface area contributed by atoms with Gasteiger partial charge in [0.1, 0.15) is 10.6 Å². The fourth-order valence-corrected chi connectivity index (χ4v) is 5.33. The summed E-state index contributed by atoms with van der Waals surface area (Å²) in [6, 6.07) is 17.7. The van der Waals surface area contributed by atoms with Gasteiger partial charge in [-0.25, -0.2) is 4.98 Å². The number of azo groups is 1. The first-order valence-electron chi connectivity index (χ1n) is 10.5. The van der Waals surface area contributed by atoms with Crippen molar-refractivity contribution in [2.75, 3.05) is 0 Å². The topological polar surface area (TPSA) is 130 Å². The second kappa shape index (κ2) is 8.69. The number of aryl methyl sites for hydroxylation is 2. The summed E-state index contributed by atoms with van der Waals surface area (Å²) in [7, 11) is -4.60. The molecule has 0 radical (unpaired) electrons. The quantitative estimate of drug-likeness (QED) is 0.233. The summed E-state index contributed by atoms with van der Waals surface area (Å²) in [4.78, 5) is 17.3. The molecule has 0 unspecified atom stereocenters. The first-order valence-corrected chi connectivity index (χ1v) is 12.8. The predicted molar refractivity (Wildman–Crippen MR) is 135 cm³/mol. The highest BCUT2D eigenvalue weighted by Gasteiger charge is 2.20. The minimum absolute atomic E-state index is 0.00605. The molecule has 3 aromatic carbocycles. The standard InChI is InChI=1S/C24H19N5O4S2/c1-14-7-9-17(10-8-14)20-13-34-24(25-20)29-23(30)21(15(2)28-29)27-26-19-12-11-16-5-3-4-6-18(16)22(19)35(31,32)33/h3-13,28H,1-2H3,(H,31,32,33). The number of hydrogen-bond donors (Lipinski definition) is 2. The molecule has 2 aromatic heterocycles. The Kier molecular flexibility index (Phi) is 5.67. The maximum absolute atomic E-state index is 13.1. The lowest BCUT2D eigenvalue weighted by Crippen LogP contribution is -2.13. The van der Waals surface area contributed by atoms with Crippen LogP contribution in [0.5, 0.6) is 0 Å². The van der Waals surface area contributed by atoms with Crippen molar-refractivity contribution in [1.82, 2.24) is 14.8 Å². The zero-order valence-corrected chi connectivity index (χ0v) is 20.3. The van der Waals surface area contributed by atoms with Crippen LogP contribution in [-0.2, 0) is 10.1 Å². The molecule has 176 valence electrons. The number of benzene rings is 3. The third-order valence-electron chi connectivity index (χ3n) is 5.45. The van der Waals surface area contributed by atoms with Gasteiger partial charge >= 0.3 is 5.56 Å². The summed E-state index contributed by atoms with van der Waals surface area (Å²) >= 11 is 1.30. The number of nitrogens with one attached hydrogen (secondary N) is 1. The van der Waals surface area contributed by atoms with Crippen LogP contribution < -0.4 is 5.56 Å². The van der Waals surface area contributed by atoms with Crippen molar-refractivity contribution in [3.8, 4) is 16.4 Å². The van der Waals surface area contributed by atoms with Gasteiger partial charge in [-0.1, -0.05) is 60.2 Å². The Bertz CT molecular complexity index is 1760. The number of rotatable bonds is 5. The van der Waals surface area contributed by atoms with Crippen LogP contribution in [-0.4, -0.2) is 27.7 Å². The summed E-state index contributed by atoms with van der Waals surface area (Å²) in [6.07, 6.45) is 0. The van der Waals surface area contributed by atoms with Crippen molar-refractivity contribution in [2.24, 2.45) is 10.2 Å². The maximum atomic E-state index is 13.1. The molecule has 0 aliphatic heterocycles. The Balaban J connectivity index is 1.54. The molecule has 0 bridgehead atoms. The van der Waals surface area contributed by atoms with Crippen molar-refractivity contribution in [3.63, 3.8) is 0 Å². The van der Waals surface area contributed by atoms with Gasteiger partial charge in [-0.15, -0.1) is 21.6 Å². The molecule has 0 spiro atoms. The summed E-state index contributed by atoms with van der Waals surface area (Å²) in [6.45, 7) is 3.66. The monoisotopic (exact) mass is 505 g/mol. The summed E-state index contributed by atoms with van der Waals surface area (Å²) in [5.74, 6) is 0. The molecule has 0 saturated heterocycles. The Morgan fingerprint density at radius 3 is 2.49 bits per heavy atom. The Morgan fingerprint density at radius 2 is 1.74 bits per heavy atom. The fraction of sp³-hybridized carbons (Fsp3) is 0.0833. The highest BCUT2D eigenvalue weighted by molar-refractivity contribution is 7.86. The van der Waals surface area contributed by atoms with E-state index in [1.165, 1.54) is 22.1 Å². The molecule has 2 heterocycles. The van der Waals surface area contributed by atoms with E-state index >= 15 is 0 Å². The van der Waals surface area contributed by atoms with Crippen LogP contribution in [0.15, 0.2) is 86.0 Å². The van der Waals surface area contributed by atoms with Gasteiger partial charge in [0.2, 0.25) is 5.13 Å². The molecule has 35 heavy (non-hydrogen) atoms. The highest BCUT2D eigenvalue weighted by Crippen LogP contribution is 2.33. The number of H-pyrrole nitrogens is 1. The highest BCUT2D eigenvalue weighted by atomic mass is 32.2. The molecule has 2 N–H and O–H groups in total. The number of aromatic nitrogens is 3.